The lowest BCUT2D eigenvalue weighted by atomic mass is 9.91. The summed E-state index contributed by atoms with van der Waals surface area (Å²) in [7, 11) is 0. The Hall–Kier alpha value is -0.120. The van der Waals surface area contributed by atoms with E-state index in [4.69, 9.17) is 0 Å². The maximum atomic E-state index is 2.71. The molecule has 2 saturated heterocycles. The summed E-state index contributed by atoms with van der Waals surface area (Å²) in [5.74, 6) is 2.66. The van der Waals surface area contributed by atoms with Gasteiger partial charge in [-0.05, 0) is 76.0 Å². The van der Waals surface area contributed by atoms with Gasteiger partial charge in [-0.15, -0.1) is 0 Å². The molecule has 0 aromatic heterocycles. The highest BCUT2D eigenvalue weighted by atomic mass is 15.3. The van der Waals surface area contributed by atoms with E-state index in [2.05, 4.69) is 42.4 Å². The standard InChI is InChI=1S/C21H43N3/c1-19(2)7-11-23-16-14-22(15-17-23)10-5-6-21-8-12-24(13-9-21)18-20(3)4/h19-21H,5-18H2,1-4H3. The summed E-state index contributed by atoms with van der Waals surface area (Å²) in [6, 6.07) is 0. The lowest BCUT2D eigenvalue weighted by Crippen LogP contribution is -2.47. The van der Waals surface area contributed by atoms with Gasteiger partial charge in [-0.3, -0.25) is 0 Å². The van der Waals surface area contributed by atoms with Crippen molar-refractivity contribution in [3.63, 3.8) is 0 Å². The van der Waals surface area contributed by atoms with E-state index >= 15 is 0 Å². The fourth-order valence-corrected chi connectivity index (χ4v) is 4.25. The predicted octanol–water partition coefficient (Wildman–Crippen LogP) is 3.80. The molecule has 2 aliphatic heterocycles. The van der Waals surface area contributed by atoms with Gasteiger partial charge in [0.05, 0.1) is 0 Å². The zero-order valence-corrected chi connectivity index (χ0v) is 17.0. The zero-order chi connectivity index (χ0) is 17.4. The average molecular weight is 338 g/mol. The Balaban J connectivity index is 1.50. The Morgan fingerprint density at radius 2 is 1.29 bits per heavy atom. The molecule has 0 amide bonds. The number of hydrogen-bond acceptors (Lipinski definition) is 3. The summed E-state index contributed by atoms with van der Waals surface area (Å²) in [6.45, 7) is 21.2. The molecule has 0 radical (unpaired) electrons. The number of likely N-dealkylation sites (tertiary alicyclic amines) is 1. The molecule has 0 aliphatic carbocycles. The third kappa shape index (κ3) is 7.84. The van der Waals surface area contributed by atoms with E-state index in [1.165, 1.54) is 91.0 Å². The molecule has 3 nitrogen and oxygen atoms in total. The van der Waals surface area contributed by atoms with Crippen molar-refractivity contribution in [2.45, 2.75) is 59.8 Å². The second-order valence-electron chi connectivity index (χ2n) is 9.15. The smallest absolute Gasteiger partial charge is 0.0110 e. The number of rotatable bonds is 9. The highest BCUT2D eigenvalue weighted by Gasteiger charge is 2.20. The van der Waals surface area contributed by atoms with Crippen LogP contribution < -0.4 is 0 Å². The minimum Gasteiger partial charge on any atom is -0.303 e. The first-order chi connectivity index (χ1) is 11.5. The first kappa shape index (κ1) is 20.2. The highest BCUT2D eigenvalue weighted by Crippen LogP contribution is 2.22. The molecule has 0 N–H and O–H groups in total. The third-order valence-corrected chi connectivity index (χ3v) is 5.90. The van der Waals surface area contributed by atoms with Gasteiger partial charge in [-0.25, -0.2) is 0 Å². The van der Waals surface area contributed by atoms with Crippen molar-refractivity contribution in [1.29, 1.82) is 0 Å². The summed E-state index contributed by atoms with van der Waals surface area (Å²) in [5, 5.41) is 0. The quantitative estimate of drug-likeness (QED) is 0.634. The summed E-state index contributed by atoms with van der Waals surface area (Å²) in [5.41, 5.74) is 0. The predicted molar refractivity (Wildman–Crippen MR) is 106 cm³/mol. The van der Waals surface area contributed by atoms with Crippen LogP contribution in [0.15, 0.2) is 0 Å². The molecule has 3 heteroatoms. The largest absolute Gasteiger partial charge is 0.303 e. The van der Waals surface area contributed by atoms with Crippen molar-refractivity contribution in [3.05, 3.63) is 0 Å². The van der Waals surface area contributed by atoms with Crippen molar-refractivity contribution >= 4 is 0 Å². The number of hydrogen-bond donors (Lipinski definition) is 0. The molecule has 2 heterocycles. The molecule has 0 bridgehead atoms. The van der Waals surface area contributed by atoms with Crippen LogP contribution in [0.1, 0.15) is 59.8 Å². The Kier molecular flexibility index (Phi) is 9.07. The van der Waals surface area contributed by atoms with Gasteiger partial charge in [0.1, 0.15) is 0 Å². The van der Waals surface area contributed by atoms with E-state index in [1.807, 2.05) is 0 Å². The van der Waals surface area contributed by atoms with Crippen LogP contribution in [0.3, 0.4) is 0 Å². The maximum Gasteiger partial charge on any atom is 0.0110 e. The molecular weight excluding hydrogens is 294 g/mol. The first-order valence-corrected chi connectivity index (χ1v) is 10.7. The summed E-state index contributed by atoms with van der Waals surface area (Å²) >= 11 is 0. The Morgan fingerprint density at radius 3 is 1.83 bits per heavy atom. The zero-order valence-electron chi connectivity index (χ0n) is 17.0. The maximum absolute atomic E-state index is 2.71. The van der Waals surface area contributed by atoms with Crippen molar-refractivity contribution in [2.24, 2.45) is 17.8 Å². The van der Waals surface area contributed by atoms with Gasteiger partial charge in [0, 0.05) is 32.7 Å². The van der Waals surface area contributed by atoms with Gasteiger partial charge in [0.25, 0.3) is 0 Å². The van der Waals surface area contributed by atoms with Crippen LogP contribution in [0.5, 0.6) is 0 Å². The molecule has 0 saturated carbocycles. The molecule has 2 aliphatic rings. The minimum absolute atomic E-state index is 0.820. The number of nitrogens with zero attached hydrogens (tertiary/aromatic N) is 3. The summed E-state index contributed by atoms with van der Waals surface area (Å²) in [4.78, 5) is 8.05. The lowest BCUT2D eigenvalue weighted by molar-refractivity contribution is 0.120. The van der Waals surface area contributed by atoms with Gasteiger partial charge < -0.3 is 14.7 Å². The lowest BCUT2D eigenvalue weighted by Gasteiger charge is -2.36. The number of piperazine rings is 1. The van der Waals surface area contributed by atoms with Crippen molar-refractivity contribution in [2.75, 3.05) is 58.9 Å². The fourth-order valence-electron chi connectivity index (χ4n) is 4.25. The first-order valence-electron chi connectivity index (χ1n) is 10.7. The molecule has 0 aromatic rings. The SMILES string of the molecule is CC(C)CCN1CCN(CCCC2CCN(CC(C)C)CC2)CC1. The second-order valence-corrected chi connectivity index (χ2v) is 9.15. The Morgan fingerprint density at radius 1 is 0.708 bits per heavy atom. The molecule has 0 aromatic carbocycles. The van der Waals surface area contributed by atoms with E-state index in [0.717, 1.165) is 17.8 Å². The van der Waals surface area contributed by atoms with Crippen LogP contribution in [-0.4, -0.2) is 73.6 Å². The third-order valence-electron chi connectivity index (χ3n) is 5.90. The van der Waals surface area contributed by atoms with Gasteiger partial charge in [-0.2, -0.15) is 0 Å². The molecule has 24 heavy (non-hydrogen) atoms. The van der Waals surface area contributed by atoms with Crippen LogP contribution in [0.4, 0.5) is 0 Å². The summed E-state index contributed by atoms with van der Waals surface area (Å²) < 4.78 is 0. The topological polar surface area (TPSA) is 9.72 Å². The van der Waals surface area contributed by atoms with E-state index in [-0.39, 0.29) is 0 Å². The van der Waals surface area contributed by atoms with Gasteiger partial charge in [0.15, 0.2) is 0 Å². The van der Waals surface area contributed by atoms with E-state index in [1.54, 1.807) is 0 Å². The van der Waals surface area contributed by atoms with Gasteiger partial charge in [0.2, 0.25) is 0 Å². The van der Waals surface area contributed by atoms with Gasteiger partial charge in [-0.1, -0.05) is 27.7 Å². The van der Waals surface area contributed by atoms with Crippen molar-refractivity contribution in [1.82, 2.24) is 14.7 Å². The average Bonchev–Trinajstić information content (AvgIpc) is 2.55. The Bertz CT molecular complexity index is 313. The van der Waals surface area contributed by atoms with Gasteiger partial charge >= 0.3 is 0 Å². The van der Waals surface area contributed by atoms with E-state index < -0.39 is 0 Å². The molecule has 0 unspecified atom stereocenters. The van der Waals surface area contributed by atoms with Crippen molar-refractivity contribution in [3.8, 4) is 0 Å². The monoisotopic (exact) mass is 337 g/mol. The van der Waals surface area contributed by atoms with E-state index in [0.29, 0.717) is 0 Å². The van der Waals surface area contributed by atoms with Crippen LogP contribution in [0.2, 0.25) is 0 Å². The van der Waals surface area contributed by atoms with E-state index in [9.17, 15) is 0 Å². The number of piperidine rings is 1. The molecule has 2 fully saturated rings. The minimum atomic E-state index is 0.820. The van der Waals surface area contributed by atoms with Crippen molar-refractivity contribution < 1.29 is 0 Å². The normalized spacial score (nSPS) is 22.8. The van der Waals surface area contributed by atoms with Crippen LogP contribution in [0.25, 0.3) is 0 Å². The molecule has 0 spiro atoms. The molecular formula is C21H43N3. The fraction of sp³-hybridized carbons (Fsp3) is 1.00. The summed E-state index contributed by atoms with van der Waals surface area (Å²) in [6.07, 6.45) is 7.12. The van der Waals surface area contributed by atoms with Crippen LogP contribution >= 0.6 is 0 Å². The molecule has 2 rings (SSSR count). The molecule has 142 valence electrons. The molecule has 0 atom stereocenters. The second kappa shape index (κ2) is 10.8. The highest BCUT2D eigenvalue weighted by molar-refractivity contribution is 4.75. The van der Waals surface area contributed by atoms with Crippen LogP contribution in [0, 0.1) is 17.8 Å². The Labute approximate surface area is 151 Å². The van der Waals surface area contributed by atoms with Crippen LogP contribution in [-0.2, 0) is 0 Å².